The SMILES string of the molecule is CCNCCc1c(C)[nH]c2c(C)cc(C)cc12. The molecule has 0 aliphatic heterocycles. The van der Waals surface area contributed by atoms with Gasteiger partial charge in [0.05, 0.1) is 0 Å². The van der Waals surface area contributed by atoms with Gasteiger partial charge in [0.15, 0.2) is 0 Å². The van der Waals surface area contributed by atoms with Crippen molar-refractivity contribution in [3.05, 3.63) is 34.5 Å². The molecule has 2 nitrogen and oxygen atoms in total. The quantitative estimate of drug-likeness (QED) is 0.775. The summed E-state index contributed by atoms with van der Waals surface area (Å²) in [6.07, 6.45) is 1.10. The average molecular weight is 230 g/mol. The smallest absolute Gasteiger partial charge is 0.0488 e. The highest BCUT2D eigenvalue weighted by molar-refractivity contribution is 5.88. The number of nitrogens with one attached hydrogen (secondary N) is 2. The summed E-state index contributed by atoms with van der Waals surface area (Å²) in [5.74, 6) is 0. The lowest BCUT2D eigenvalue weighted by molar-refractivity contribution is 0.716. The summed E-state index contributed by atoms with van der Waals surface area (Å²) in [4.78, 5) is 3.52. The van der Waals surface area contributed by atoms with Gasteiger partial charge in [-0.2, -0.15) is 0 Å². The standard InChI is InChI=1S/C15H22N2/c1-5-16-7-6-13-12(4)17-15-11(3)8-10(2)9-14(13)15/h8-9,16-17H,5-7H2,1-4H3. The van der Waals surface area contributed by atoms with Crippen LogP contribution < -0.4 is 5.32 Å². The van der Waals surface area contributed by atoms with Crippen LogP contribution in [0.25, 0.3) is 10.9 Å². The molecular formula is C15H22N2. The second kappa shape index (κ2) is 4.92. The number of hydrogen-bond donors (Lipinski definition) is 2. The zero-order chi connectivity index (χ0) is 12.4. The van der Waals surface area contributed by atoms with Crippen molar-refractivity contribution in [1.29, 1.82) is 0 Å². The molecule has 0 unspecified atom stereocenters. The second-order valence-electron chi connectivity index (χ2n) is 4.84. The van der Waals surface area contributed by atoms with Gasteiger partial charge in [0.1, 0.15) is 0 Å². The van der Waals surface area contributed by atoms with Gasteiger partial charge < -0.3 is 10.3 Å². The summed E-state index contributed by atoms with van der Waals surface area (Å²) >= 11 is 0. The molecule has 0 saturated carbocycles. The van der Waals surface area contributed by atoms with E-state index in [0.717, 1.165) is 19.5 Å². The maximum absolute atomic E-state index is 3.52. The molecule has 2 heteroatoms. The lowest BCUT2D eigenvalue weighted by atomic mass is 10.0. The molecule has 0 bridgehead atoms. The van der Waals surface area contributed by atoms with Gasteiger partial charge in [-0.25, -0.2) is 0 Å². The van der Waals surface area contributed by atoms with E-state index in [1.165, 1.54) is 33.3 Å². The molecule has 0 fully saturated rings. The van der Waals surface area contributed by atoms with Crippen LogP contribution in [-0.2, 0) is 6.42 Å². The van der Waals surface area contributed by atoms with Crippen molar-refractivity contribution < 1.29 is 0 Å². The first-order valence-corrected chi connectivity index (χ1v) is 6.42. The number of aromatic amines is 1. The Kier molecular flexibility index (Phi) is 3.53. The normalized spacial score (nSPS) is 11.3. The van der Waals surface area contributed by atoms with Crippen LogP contribution in [0, 0.1) is 20.8 Å². The Balaban J connectivity index is 2.43. The summed E-state index contributed by atoms with van der Waals surface area (Å²) < 4.78 is 0. The zero-order valence-electron chi connectivity index (χ0n) is 11.3. The first kappa shape index (κ1) is 12.2. The largest absolute Gasteiger partial charge is 0.358 e. The fraction of sp³-hybridized carbons (Fsp3) is 0.467. The van der Waals surface area contributed by atoms with Crippen molar-refractivity contribution in [3.63, 3.8) is 0 Å². The minimum Gasteiger partial charge on any atom is -0.358 e. The molecule has 2 N–H and O–H groups in total. The Morgan fingerprint density at radius 1 is 1.18 bits per heavy atom. The highest BCUT2D eigenvalue weighted by Crippen LogP contribution is 2.26. The third kappa shape index (κ3) is 2.37. The molecular weight excluding hydrogens is 208 g/mol. The minimum atomic E-state index is 1.04. The number of aromatic nitrogens is 1. The molecule has 0 aliphatic rings. The maximum Gasteiger partial charge on any atom is 0.0488 e. The van der Waals surface area contributed by atoms with Gasteiger partial charge in [0.2, 0.25) is 0 Å². The van der Waals surface area contributed by atoms with Crippen LogP contribution in [0.1, 0.15) is 29.3 Å². The average Bonchev–Trinajstić information content (AvgIpc) is 2.57. The Morgan fingerprint density at radius 3 is 2.65 bits per heavy atom. The molecule has 1 aromatic carbocycles. The Hall–Kier alpha value is -1.28. The van der Waals surface area contributed by atoms with E-state index in [2.05, 4.69) is 50.1 Å². The van der Waals surface area contributed by atoms with Crippen LogP contribution in [0.5, 0.6) is 0 Å². The van der Waals surface area contributed by atoms with E-state index in [1.54, 1.807) is 0 Å². The van der Waals surface area contributed by atoms with Crippen LogP contribution in [0.3, 0.4) is 0 Å². The summed E-state index contributed by atoms with van der Waals surface area (Å²) in [6.45, 7) is 10.8. The van der Waals surface area contributed by atoms with Gasteiger partial charge in [-0.1, -0.05) is 18.6 Å². The van der Waals surface area contributed by atoms with Gasteiger partial charge in [0, 0.05) is 16.6 Å². The van der Waals surface area contributed by atoms with E-state index < -0.39 is 0 Å². The molecule has 0 atom stereocenters. The van der Waals surface area contributed by atoms with Gasteiger partial charge in [0.25, 0.3) is 0 Å². The fourth-order valence-electron chi connectivity index (χ4n) is 2.55. The topological polar surface area (TPSA) is 27.8 Å². The van der Waals surface area contributed by atoms with Crippen molar-refractivity contribution in [2.75, 3.05) is 13.1 Å². The molecule has 1 aromatic heterocycles. The van der Waals surface area contributed by atoms with Gasteiger partial charge in [-0.3, -0.25) is 0 Å². The second-order valence-corrected chi connectivity index (χ2v) is 4.84. The number of fused-ring (bicyclic) bond motifs is 1. The Labute approximate surface area is 103 Å². The predicted molar refractivity (Wildman–Crippen MR) is 74.8 cm³/mol. The van der Waals surface area contributed by atoms with Gasteiger partial charge in [-0.05, 0) is 57.5 Å². The molecule has 0 radical (unpaired) electrons. The number of rotatable bonds is 4. The number of aryl methyl sites for hydroxylation is 3. The highest BCUT2D eigenvalue weighted by atomic mass is 14.8. The molecule has 0 amide bonds. The summed E-state index contributed by atoms with van der Waals surface area (Å²) in [7, 11) is 0. The van der Waals surface area contributed by atoms with Crippen LogP contribution >= 0.6 is 0 Å². The molecule has 2 aromatic rings. The Morgan fingerprint density at radius 2 is 1.94 bits per heavy atom. The minimum absolute atomic E-state index is 1.04. The first-order chi connectivity index (χ1) is 8.13. The van der Waals surface area contributed by atoms with Crippen molar-refractivity contribution in [1.82, 2.24) is 10.3 Å². The van der Waals surface area contributed by atoms with Gasteiger partial charge >= 0.3 is 0 Å². The van der Waals surface area contributed by atoms with E-state index in [-0.39, 0.29) is 0 Å². The van der Waals surface area contributed by atoms with E-state index in [9.17, 15) is 0 Å². The van der Waals surface area contributed by atoms with E-state index in [1.807, 2.05) is 0 Å². The van der Waals surface area contributed by atoms with Crippen molar-refractivity contribution >= 4 is 10.9 Å². The molecule has 0 saturated heterocycles. The fourth-order valence-corrected chi connectivity index (χ4v) is 2.55. The summed E-state index contributed by atoms with van der Waals surface area (Å²) in [5, 5.41) is 4.79. The molecule has 0 spiro atoms. The number of likely N-dealkylation sites (N-methyl/N-ethyl adjacent to an activating group) is 1. The van der Waals surface area contributed by atoms with Crippen LogP contribution in [0.15, 0.2) is 12.1 Å². The van der Waals surface area contributed by atoms with Gasteiger partial charge in [-0.15, -0.1) is 0 Å². The van der Waals surface area contributed by atoms with Crippen molar-refractivity contribution in [3.8, 4) is 0 Å². The van der Waals surface area contributed by atoms with E-state index in [0.29, 0.717) is 0 Å². The van der Waals surface area contributed by atoms with Crippen molar-refractivity contribution in [2.45, 2.75) is 34.1 Å². The highest BCUT2D eigenvalue weighted by Gasteiger charge is 2.10. The van der Waals surface area contributed by atoms with Crippen LogP contribution in [0.4, 0.5) is 0 Å². The lowest BCUT2D eigenvalue weighted by Gasteiger charge is -2.04. The molecule has 2 rings (SSSR count). The van der Waals surface area contributed by atoms with Crippen LogP contribution in [-0.4, -0.2) is 18.1 Å². The molecule has 1 heterocycles. The summed E-state index contributed by atoms with van der Waals surface area (Å²) in [5.41, 5.74) is 6.77. The Bertz CT molecular complexity index is 523. The predicted octanol–water partition coefficient (Wildman–Crippen LogP) is 3.25. The molecule has 92 valence electrons. The molecule has 0 aliphatic carbocycles. The number of H-pyrrole nitrogens is 1. The van der Waals surface area contributed by atoms with E-state index >= 15 is 0 Å². The number of benzene rings is 1. The zero-order valence-corrected chi connectivity index (χ0v) is 11.3. The van der Waals surface area contributed by atoms with E-state index in [4.69, 9.17) is 0 Å². The molecule has 17 heavy (non-hydrogen) atoms. The maximum atomic E-state index is 3.52. The monoisotopic (exact) mass is 230 g/mol. The van der Waals surface area contributed by atoms with Crippen LogP contribution in [0.2, 0.25) is 0 Å². The lowest BCUT2D eigenvalue weighted by Crippen LogP contribution is -2.16. The first-order valence-electron chi connectivity index (χ1n) is 6.42. The number of hydrogen-bond acceptors (Lipinski definition) is 1. The third-order valence-corrected chi connectivity index (χ3v) is 3.37. The third-order valence-electron chi connectivity index (χ3n) is 3.37. The van der Waals surface area contributed by atoms with Crippen molar-refractivity contribution in [2.24, 2.45) is 0 Å². The summed E-state index contributed by atoms with van der Waals surface area (Å²) in [6, 6.07) is 4.54.